The van der Waals surface area contributed by atoms with Crippen LogP contribution in [0.1, 0.15) is 48.0 Å². The number of aliphatic hydroxyl groups is 1. The van der Waals surface area contributed by atoms with Gasteiger partial charge in [0.1, 0.15) is 6.54 Å². The van der Waals surface area contributed by atoms with E-state index in [2.05, 4.69) is 32.2 Å². The summed E-state index contributed by atoms with van der Waals surface area (Å²) in [4.78, 5) is 23.6. The minimum atomic E-state index is -0.614. The lowest BCUT2D eigenvalue weighted by Crippen LogP contribution is -2.38. The van der Waals surface area contributed by atoms with Crippen molar-refractivity contribution in [2.45, 2.75) is 50.2 Å². The molecule has 0 saturated carbocycles. The van der Waals surface area contributed by atoms with Gasteiger partial charge in [-0.15, -0.1) is 5.10 Å². The average Bonchev–Trinajstić information content (AvgIpc) is 3.50. The lowest BCUT2D eigenvalue weighted by atomic mass is 9.99. The number of nitrogens with one attached hydrogen (secondary N) is 2. The van der Waals surface area contributed by atoms with E-state index in [1.165, 1.54) is 11.8 Å². The minimum Gasteiger partial charge on any atom is -0.465 e. The van der Waals surface area contributed by atoms with Crippen molar-refractivity contribution >= 4 is 23.8 Å². The Kier molecular flexibility index (Phi) is 11.1. The number of hydrogen-bond acceptors (Lipinski definition) is 10. The highest BCUT2D eigenvalue weighted by Crippen LogP contribution is 2.40. The van der Waals surface area contributed by atoms with Crippen molar-refractivity contribution in [3.05, 3.63) is 95.1 Å². The maximum Gasteiger partial charge on any atom is 0.325 e. The molecule has 3 unspecified atom stereocenters. The van der Waals surface area contributed by atoms with Crippen LogP contribution in [-0.4, -0.2) is 62.3 Å². The molecule has 13 heteroatoms. The largest absolute Gasteiger partial charge is 0.465 e. The minimum absolute atomic E-state index is 0.0186. The third kappa shape index (κ3) is 8.88. The first kappa shape index (κ1) is 32.1. The van der Waals surface area contributed by atoms with Crippen molar-refractivity contribution in [1.82, 2.24) is 30.8 Å². The number of nitrogens with zero attached hydrogens (tertiary/aromatic N) is 4. The van der Waals surface area contributed by atoms with Gasteiger partial charge in [-0.2, -0.15) is 0 Å². The number of aliphatic hydroxyl groups excluding tert-OH is 1. The molecule has 236 valence electrons. The number of thioether (sulfide) groups is 1. The SMILES string of the molecule is CCOC(=O)CNC(=O)NCc1cccc(-c2cccc(C3OC(CSc4nnnn4C)CC(c4ccc(CO)cc4)O3)c2)c1. The molecule has 2 heterocycles. The molecule has 45 heavy (non-hydrogen) atoms. The van der Waals surface area contributed by atoms with Crippen LogP contribution in [0.25, 0.3) is 11.1 Å². The standard InChI is InChI=1S/C32H36N6O6S/c1-3-42-29(40)18-34-31(41)33-17-22-6-4-7-24(14-22)25-8-5-9-26(15-25)30-43-27(20-45-32-35-36-37-38(32)2)16-28(44-30)23-12-10-21(19-39)11-13-23/h4-15,27-28,30,39H,3,16-20H2,1-2H3,(H2,33,34,41). The highest BCUT2D eigenvalue weighted by atomic mass is 32.2. The van der Waals surface area contributed by atoms with E-state index in [0.717, 1.165) is 33.4 Å². The molecule has 0 spiro atoms. The topological polar surface area (TPSA) is 150 Å². The first-order valence-electron chi connectivity index (χ1n) is 14.6. The van der Waals surface area contributed by atoms with Crippen molar-refractivity contribution in [2.75, 3.05) is 18.9 Å². The van der Waals surface area contributed by atoms with Crippen molar-refractivity contribution in [2.24, 2.45) is 7.05 Å². The van der Waals surface area contributed by atoms with Gasteiger partial charge in [0.25, 0.3) is 0 Å². The zero-order valence-corrected chi connectivity index (χ0v) is 25.9. The number of rotatable bonds is 12. The Morgan fingerprint density at radius 2 is 1.78 bits per heavy atom. The molecule has 3 N–H and O–H groups in total. The summed E-state index contributed by atoms with van der Waals surface area (Å²) >= 11 is 1.53. The van der Waals surface area contributed by atoms with Crippen LogP contribution < -0.4 is 10.6 Å². The van der Waals surface area contributed by atoms with Gasteiger partial charge in [-0.1, -0.05) is 72.4 Å². The molecule has 1 aliphatic heterocycles. The fraction of sp³-hybridized carbons (Fsp3) is 0.344. The third-order valence-corrected chi connectivity index (χ3v) is 8.31. The van der Waals surface area contributed by atoms with Crippen LogP contribution >= 0.6 is 11.8 Å². The zero-order valence-electron chi connectivity index (χ0n) is 25.1. The summed E-state index contributed by atoms with van der Waals surface area (Å²) in [5.41, 5.74) is 5.57. The summed E-state index contributed by atoms with van der Waals surface area (Å²) in [7, 11) is 1.80. The maximum atomic E-state index is 12.1. The summed E-state index contributed by atoms with van der Waals surface area (Å²) in [6.45, 7) is 2.05. The lowest BCUT2D eigenvalue weighted by molar-refractivity contribution is -0.245. The van der Waals surface area contributed by atoms with Gasteiger partial charge in [-0.25, -0.2) is 9.48 Å². The van der Waals surface area contributed by atoms with Crippen molar-refractivity contribution in [3.8, 4) is 11.1 Å². The lowest BCUT2D eigenvalue weighted by Gasteiger charge is -2.36. The van der Waals surface area contributed by atoms with E-state index in [9.17, 15) is 14.7 Å². The summed E-state index contributed by atoms with van der Waals surface area (Å²) < 4.78 is 19.5. The first-order valence-corrected chi connectivity index (χ1v) is 15.6. The molecule has 5 rings (SSSR count). The molecule has 3 atom stereocenters. The van der Waals surface area contributed by atoms with E-state index >= 15 is 0 Å². The molecule has 0 bridgehead atoms. The summed E-state index contributed by atoms with van der Waals surface area (Å²) in [6, 6.07) is 23.2. The predicted octanol–water partition coefficient (Wildman–Crippen LogP) is 4.07. The van der Waals surface area contributed by atoms with Crippen LogP contribution in [-0.2, 0) is 39.2 Å². The van der Waals surface area contributed by atoms with Crippen LogP contribution in [0.2, 0.25) is 0 Å². The first-order chi connectivity index (χ1) is 21.9. The molecule has 1 aliphatic rings. The molecule has 2 amide bonds. The number of benzene rings is 3. The van der Waals surface area contributed by atoms with Crippen LogP contribution in [0, 0.1) is 0 Å². The Bertz CT molecular complexity index is 1580. The molecule has 4 aromatic rings. The van der Waals surface area contributed by atoms with Gasteiger partial charge in [0.2, 0.25) is 5.16 Å². The highest BCUT2D eigenvalue weighted by molar-refractivity contribution is 7.99. The van der Waals surface area contributed by atoms with Crippen LogP contribution in [0.3, 0.4) is 0 Å². The smallest absolute Gasteiger partial charge is 0.325 e. The molecule has 0 aliphatic carbocycles. The van der Waals surface area contributed by atoms with Gasteiger partial charge < -0.3 is 30.0 Å². The quantitative estimate of drug-likeness (QED) is 0.154. The van der Waals surface area contributed by atoms with Crippen LogP contribution in [0.5, 0.6) is 0 Å². The molecular formula is C32H36N6O6S. The van der Waals surface area contributed by atoms with E-state index in [1.807, 2.05) is 66.7 Å². The Hall–Kier alpha value is -4.30. The van der Waals surface area contributed by atoms with Crippen LogP contribution in [0.4, 0.5) is 4.79 Å². The van der Waals surface area contributed by atoms with E-state index in [4.69, 9.17) is 14.2 Å². The molecule has 3 aromatic carbocycles. The summed E-state index contributed by atoms with van der Waals surface area (Å²) in [6.07, 6.45) is -0.318. The van der Waals surface area contributed by atoms with Gasteiger partial charge in [0.05, 0.1) is 25.4 Å². The molecule has 1 fully saturated rings. The van der Waals surface area contributed by atoms with Crippen molar-refractivity contribution in [3.63, 3.8) is 0 Å². The van der Waals surface area contributed by atoms with Gasteiger partial charge in [-0.3, -0.25) is 4.79 Å². The molecule has 1 aromatic heterocycles. The van der Waals surface area contributed by atoms with E-state index in [0.29, 0.717) is 17.3 Å². The summed E-state index contributed by atoms with van der Waals surface area (Å²) in [5, 5.41) is 27.2. The molecule has 0 radical (unpaired) electrons. The fourth-order valence-electron chi connectivity index (χ4n) is 4.87. The number of carbonyl (C=O) groups excluding carboxylic acids is 2. The number of urea groups is 1. The number of hydrogen-bond donors (Lipinski definition) is 3. The molecular weight excluding hydrogens is 596 g/mol. The second-order valence-corrected chi connectivity index (χ2v) is 11.4. The maximum absolute atomic E-state index is 12.1. The Morgan fingerprint density at radius 3 is 2.51 bits per heavy atom. The van der Waals surface area contributed by atoms with Gasteiger partial charge in [0, 0.05) is 31.3 Å². The Morgan fingerprint density at radius 1 is 1.00 bits per heavy atom. The monoisotopic (exact) mass is 632 g/mol. The third-order valence-electron chi connectivity index (χ3n) is 7.17. The Balaban J connectivity index is 1.29. The second kappa shape index (κ2) is 15.6. The van der Waals surface area contributed by atoms with Gasteiger partial charge in [-0.05, 0) is 57.3 Å². The molecule has 1 saturated heterocycles. The number of aromatic nitrogens is 4. The fourth-order valence-corrected chi connectivity index (χ4v) is 5.74. The van der Waals surface area contributed by atoms with Crippen molar-refractivity contribution < 1.29 is 28.9 Å². The van der Waals surface area contributed by atoms with Crippen LogP contribution in [0.15, 0.2) is 78.0 Å². The van der Waals surface area contributed by atoms with E-state index in [1.54, 1.807) is 18.7 Å². The van der Waals surface area contributed by atoms with Gasteiger partial charge >= 0.3 is 12.0 Å². The predicted molar refractivity (Wildman–Crippen MR) is 167 cm³/mol. The van der Waals surface area contributed by atoms with Gasteiger partial charge in [0.15, 0.2) is 6.29 Å². The number of tetrazole rings is 1. The van der Waals surface area contributed by atoms with E-state index in [-0.39, 0.29) is 38.5 Å². The van der Waals surface area contributed by atoms with E-state index < -0.39 is 18.3 Å². The number of carbonyl (C=O) groups is 2. The normalized spacial score (nSPS) is 17.9. The van der Waals surface area contributed by atoms with Crippen molar-refractivity contribution in [1.29, 1.82) is 0 Å². The summed E-state index contributed by atoms with van der Waals surface area (Å²) in [5.74, 6) is 0.153. The zero-order chi connectivity index (χ0) is 31.6. The number of amides is 2. The number of esters is 1. The second-order valence-electron chi connectivity index (χ2n) is 10.4. The molecule has 12 nitrogen and oxygen atoms in total. The highest BCUT2D eigenvalue weighted by Gasteiger charge is 2.32. The Labute approximate surface area is 265 Å². The number of ether oxygens (including phenoxy) is 3. The number of aryl methyl sites for hydroxylation is 1. The average molecular weight is 633 g/mol.